The third kappa shape index (κ3) is 3.26. The van der Waals surface area contributed by atoms with Gasteiger partial charge in [0.15, 0.2) is 0 Å². The third-order valence-corrected chi connectivity index (χ3v) is 3.98. The van der Waals surface area contributed by atoms with Crippen molar-refractivity contribution in [1.82, 2.24) is 4.57 Å². The highest BCUT2D eigenvalue weighted by Crippen LogP contribution is 2.31. The highest BCUT2D eigenvalue weighted by Gasteiger charge is 2.29. The normalized spacial score (nSPS) is 12.0. The van der Waals surface area contributed by atoms with Gasteiger partial charge in [0.2, 0.25) is 0 Å². The predicted octanol–water partition coefficient (Wildman–Crippen LogP) is 5.93. The molecule has 0 bridgehead atoms. The molecule has 0 aliphatic heterocycles. The maximum absolute atomic E-state index is 12.6. The van der Waals surface area contributed by atoms with Crippen molar-refractivity contribution >= 4 is 10.9 Å². The minimum atomic E-state index is -4.30. The Morgan fingerprint density at radius 3 is 2.35 bits per heavy atom. The fraction of sp³-hybridized carbons (Fsp3) is 0.263. The summed E-state index contributed by atoms with van der Waals surface area (Å²) in [5.74, 6) is 0. The molecule has 119 valence electrons. The van der Waals surface area contributed by atoms with Gasteiger partial charge in [0, 0.05) is 29.7 Å². The molecule has 1 aromatic heterocycles. The molecule has 0 saturated carbocycles. The smallest absolute Gasteiger partial charge is 0.347 e. The van der Waals surface area contributed by atoms with Crippen LogP contribution in [0, 0.1) is 6.07 Å². The molecular weight excluding hydrogens is 299 g/mol. The summed E-state index contributed by atoms with van der Waals surface area (Å²) in [5.41, 5.74) is 2.15. The summed E-state index contributed by atoms with van der Waals surface area (Å²) in [7, 11) is 0. The van der Waals surface area contributed by atoms with E-state index in [4.69, 9.17) is 0 Å². The molecule has 1 nitrogen and oxygen atoms in total. The Labute approximate surface area is 133 Å². The zero-order valence-corrected chi connectivity index (χ0v) is 12.8. The van der Waals surface area contributed by atoms with Gasteiger partial charge in [-0.05, 0) is 41.8 Å². The maximum atomic E-state index is 12.6. The molecule has 3 rings (SSSR count). The van der Waals surface area contributed by atoms with Gasteiger partial charge in [-0.2, -0.15) is 13.2 Å². The summed E-state index contributed by atoms with van der Waals surface area (Å²) in [5, 5.41) is 0.985. The molecule has 0 spiro atoms. The predicted molar refractivity (Wildman–Crippen MR) is 86.1 cm³/mol. The van der Waals surface area contributed by atoms with Crippen LogP contribution >= 0.6 is 0 Å². The lowest BCUT2D eigenvalue weighted by Crippen LogP contribution is -2.03. The quantitative estimate of drug-likeness (QED) is 0.562. The van der Waals surface area contributed by atoms with Crippen LogP contribution in [0.15, 0.2) is 48.7 Å². The highest BCUT2D eigenvalue weighted by molar-refractivity contribution is 5.85. The number of alkyl halides is 3. The minimum absolute atomic E-state index is 0.625. The van der Waals surface area contributed by atoms with Crippen molar-refractivity contribution in [1.29, 1.82) is 0 Å². The van der Waals surface area contributed by atoms with Gasteiger partial charge in [0.05, 0.1) is 5.56 Å². The molecule has 23 heavy (non-hydrogen) atoms. The van der Waals surface area contributed by atoms with Crippen molar-refractivity contribution < 1.29 is 13.2 Å². The summed E-state index contributed by atoms with van der Waals surface area (Å²) in [4.78, 5) is 0. The van der Waals surface area contributed by atoms with Crippen LogP contribution in [-0.2, 0) is 12.7 Å². The van der Waals surface area contributed by atoms with E-state index in [1.807, 2.05) is 24.4 Å². The van der Waals surface area contributed by atoms with Crippen molar-refractivity contribution in [3.63, 3.8) is 0 Å². The molecule has 0 fully saturated rings. The van der Waals surface area contributed by atoms with Crippen LogP contribution in [0.2, 0.25) is 0 Å². The average molecular weight is 316 g/mol. The number of hydrogen-bond donors (Lipinski definition) is 0. The van der Waals surface area contributed by atoms with Crippen molar-refractivity contribution in [2.24, 2.45) is 0 Å². The van der Waals surface area contributed by atoms with Gasteiger partial charge < -0.3 is 4.57 Å². The molecule has 2 aromatic carbocycles. The number of halogens is 3. The van der Waals surface area contributed by atoms with Crippen LogP contribution in [-0.4, -0.2) is 4.57 Å². The molecular formula is C19H17F3N. The molecule has 0 unspecified atom stereocenters. The summed E-state index contributed by atoms with van der Waals surface area (Å²) in [6, 6.07) is 14.4. The molecule has 1 heterocycles. The first-order chi connectivity index (χ1) is 11.0. The van der Waals surface area contributed by atoms with E-state index in [0.29, 0.717) is 0 Å². The number of unbranched alkanes of at least 4 members (excludes halogenated alkanes) is 1. The summed E-state index contributed by atoms with van der Waals surface area (Å²) in [6.45, 7) is 3.11. The molecule has 0 amide bonds. The van der Waals surface area contributed by atoms with Crippen molar-refractivity contribution in [2.75, 3.05) is 0 Å². The first-order valence-electron chi connectivity index (χ1n) is 7.67. The second-order valence-electron chi connectivity index (χ2n) is 5.63. The monoisotopic (exact) mass is 316 g/mol. The van der Waals surface area contributed by atoms with Gasteiger partial charge in [-0.3, -0.25) is 0 Å². The SMILES string of the molecule is CCCCn1c[c]c2cc(-c3ccc(C(F)(F)F)cc3)ccc21. The molecule has 0 atom stereocenters. The zero-order valence-electron chi connectivity index (χ0n) is 12.8. The molecule has 1 radical (unpaired) electrons. The van der Waals surface area contributed by atoms with Crippen LogP contribution < -0.4 is 0 Å². The van der Waals surface area contributed by atoms with Crippen LogP contribution in [0.5, 0.6) is 0 Å². The lowest BCUT2D eigenvalue weighted by Gasteiger charge is -2.08. The van der Waals surface area contributed by atoms with Gasteiger partial charge in [-0.15, -0.1) is 0 Å². The third-order valence-electron chi connectivity index (χ3n) is 3.98. The van der Waals surface area contributed by atoms with Crippen LogP contribution in [0.1, 0.15) is 25.3 Å². The second kappa shape index (κ2) is 6.11. The van der Waals surface area contributed by atoms with Crippen molar-refractivity contribution in [2.45, 2.75) is 32.5 Å². The fourth-order valence-corrected chi connectivity index (χ4v) is 2.66. The Morgan fingerprint density at radius 2 is 1.70 bits per heavy atom. The van der Waals surface area contributed by atoms with Crippen molar-refractivity contribution in [3.05, 3.63) is 60.3 Å². The Morgan fingerprint density at radius 1 is 1.00 bits per heavy atom. The first-order valence-corrected chi connectivity index (χ1v) is 7.67. The first kappa shape index (κ1) is 15.7. The number of benzene rings is 2. The van der Waals surface area contributed by atoms with E-state index in [-0.39, 0.29) is 0 Å². The lowest BCUT2D eigenvalue weighted by molar-refractivity contribution is -0.137. The minimum Gasteiger partial charge on any atom is -0.347 e. The number of nitrogens with zero attached hydrogens (tertiary/aromatic N) is 1. The highest BCUT2D eigenvalue weighted by atomic mass is 19.4. The Bertz CT molecular complexity index is 798. The van der Waals surface area contributed by atoms with Gasteiger partial charge in [0.25, 0.3) is 0 Å². The van der Waals surface area contributed by atoms with E-state index in [1.165, 1.54) is 12.1 Å². The second-order valence-corrected chi connectivity index (χ2v) is 5.63. The van der Waals surface area contributed by atoms with E-state index in [2.05, 4.69) is 17.6 Å². The molecule has 4 heteroatoms. The standard InChI is InChI=1S/C19H17F3N/c1-2-3-11-23-12-10-16-13-15(6-9-18(16)23)14-4-7-17(8-5-14)19(20,21)22/h4-9,12-13H,2-3,11H2,1H3. The number of rotatable bonds is 4. The van der Waals surface area contributed by atoms with Gasteiger partial charge in [-0.1, -0.05) is 31.5 Å². The number of hydrogen-bond acceptors (Lipinski definition) is 0. The topological polar surface area (TPSA) is 4.93 Å². The molecule has 3 aromatic rings. The van der Waals surface area contributed by atoms with Crippen molar-refractivity contribution in [3.8, 4) is 11.1 Å². The maximum Gasteiger partial charge on any atom is 0.416 e. The molecule has 0 N–H and O–H groups in total. The zero-order chi connectivity index (χ0) is 16.4. The van der Waals surface area contributed by atoms with E-state index < -0.39 is 11.7 Å². The number of aryl methyl sites for hydroxylation is 1. The summed E-state index contributed by atoms with van der Waals surface area (Å²) in [6.07, 6.45) is -0.120. The van der Waals surface area contributed by atoms with E-state index in [1.54, 1.807) is 0 Å². The van der Waals surface area contributed by atoms with E-state index in [0.717, 1.165) is 53.5 Å². The Kier molecular flexibility index (Phi) is 4.16. The molecule has 0 aliphatic rings. The van der Waals surface area contributed by atoms with Gasteiger partial charge in [-0.25, -0.2) is 0 Å². The van der Waals surface area contributed by atoms with E-state index >= 15 is 0 Å². The van der Waals surface area contributed by atoms with Crippen LogP contribution in [0.3, 0.4) is 0 Å². The van der Waals surface area contributed by atoms with Gasteiger partial charge in [0.1, 0.15) is 0 Å². The lowest BCUT2D eigenvalue weighted by atomic mass is 10.0. The summed E-state index contributed by atoms with van der Waals surface area (Å²) >= 11 is 0. The average Bonchev–Trinajstić information content (AvgIpc) is 2.94. The van der Waals surface area contributed by atoms with E-state index in [9.17, 15) is 13.2 Å². The van der Waals surface area contributed by atoms with Gasteiger partial charge >= 0.3 is 6.18 Å². The van der Waals surface area contributed by atoms with Crippen LogP contribution in [0.25, 0.3) is 22.0 Å². The Hall–Kier alpha value is -2.23. The molecule has 0 aliphatic carbocycles. The van der Waals surface area contributed by atoms with Crippen LogP contribution in [0.4, 0.5) is 13.2 Å². The Balaban J connectivity index is 1.91. The number of fused-ring (bicyclic) bond motifs is 1. The molecule has 0 saturated heterocycles. The number of aromatic nitrogens is 1. The summed E-state index contributed by atoms with van der Waals surface area (Å²) < 4.78 is 40.0. The largest absolute Gasteiger partial charge is 0.416 e. The fourth-order valence-electron chi connectivity index (χ4n) is 2.66.